The fourth-order valence-electron chi connectivity index (χ4n) is 3.86. The highest BCUT2D eigenvalue weighted by atomic mass is 16.3. The van der Waals surface area contributed by atoms with Crippen molar-refractivity contribution in [2.24, 2.45) is 0 Å². The van der Waals surface area contributed by atoms with Crippen LogP contribution in [0.1, 0.15) is 17.5 Å². The van der Waals surface area contributed by atoms with Gasteiger partial charge in [0.25, 0.3) is 0 Å². The van der Waals surface area contributed by atoms with Crippen molar-refractivity contribution in [1.82, 2.24) is 14.8 Å². The number of hydrogen-bond acceptors (Lipinski definition) is 5. The van der Waals surface area contributed by atoms with Gasteiger partial charge in [-0.3, -0.25) is 9.59 Å². The van der Waals surface area contributed by atoms with Crippen molar-refractivity contribution in [3.05, 3.63) is 53.7 Å². The van der Waals surface area contributed by atoms with Gasteiger partial charge in [0.05, 0.1) is 12.7 Å². The van der Waals surface area contributed by atoms with Crippen molar-refractivity contribution >= 4 is 17.6 Å². The second kappa shape index (κ2) is 7.50. The van der Waals surface area contributed by atoms with Crippen LogP contribution in [0.15, 0.2) is 42.6 Å². The van der Waals surface area contributed by atoms with E-state index in [9.17, 15) is 14.7 Å². The first-order valence-electron chi connectivity index (χ1n) is 9.55. The molecule has 2 aromatic rings. The van der Waals surface area contributed by atoms with Crippen LogP contribution in [-0.2, 0) is 16.1 Å². The van der Waals surface area contributed by atoms with E-state index < -0.39 is 0 Å². The Labute approximate surface area is 164 Å². The Balaban J connectivity index is 1.38. The molecule has 28 heavy (non-hydrogen) atoms. The highest BCUT2D eigenvalue weighted by molar-refractivity contribution is 5.91. The molecule has 1 N–H and O–H groups in total. The van der Waals surface area contributed by atoms with E-state index in [-0.39, 0.29) is 30.2 Å². The van der Waals surface area contributed by atoms with E-state index in [1.54, 1.807) is 17.0 Å². The normalized spacial score (nSPS) is 20.2. The molecule has 1 aromatic heterocycles. The molecule has 0 bridgehead atoms. The molecular formula is C21H24N4O3. The molecule has 3 heterocycles. The molecule has 2 fully saturated rings. The van der Waals surface area contributed by atoms with Crippen LogP contribution in [-0.4, -0.2) is 63.9 Å². The third-order valence-corrected chi connectivity index (χ3v) is 5.45. The van der Waals surface area contributed by atoms with Gasteiger partial charge in [0, 0.05) is 26.2 Å². The third kappa shape index (κ3) is 3.65. The Bertz CT molecular complexity index is 866. The molecule has 4 rings (SSSR count). The Hall–Kier alpha value is -3.09. The number of piperazine rings is 1. The molecule has 0 aliphatic carbocycles. The first kappa shape index (κ1) is 18.3. The molecule has 7 nitrogen and oxygen atoms in total. The number of aryl methyl sites for hydroxylation is 1. The quantitative estimate of drug-likeness (QED) is 0.871. The van der Waals surface area contributed by atoms with E-state index >= 15 is 0 Å². The van der Waals surface area contributed by atoms with Gasteiger partial charge in [-0.2, -0.15) is 0 Å². The summed E-state index contributed by atoms with van der Waals surface area (Å²) in [6.07, 6.45) is 2.05. The predicted molar refractivity (Wildman–Crippen MR) is 105 cm³/mol. The van der Waals surface area contributed by atoms with Gasteiger partial charge in [0.2, 0.25) is 11.8 Å². The molecule has 0 spiro atoms. The van der Waals surface area contributed by atoms with Crippen LogP contribution in [0.5, 0.6) is 5.75 Å². The Morgan fingerprint density at radius 1 is 1.07 bits per heavy atom. The summed E-state index contributed by atoms with van der Waals surface area (Å²) in [6, 6.07) is 11.1. The zero-order valence-electron chi connectivity index (χ0n) is 15.9. The minimum absolute atomic E-state index is 0.0325. The van der Waals surface area contributed by atoms with Gasteiger partial charge in [0.15, 0.2) is 0 Å². The monoisotopic (exact) mass is 380 g/mol. The summed E-state index contributed by atoms with van der Waals surface area (Å²) in [5.74, 6) is 0.727. The number of nitrogens with zero attached hydrogens (tertiary/aromatic N) is 4. The van der Waals surface area contributed by atoms with Crippen LogP contribution in [0.2, 0.25) is 0 Å². The van der Waals surface area contributed by atoms with E-state index in [2.05, 4.69) is 4.98 Å². The Morgan fingerprint density at radius 3 is 2.54 bits per heavy atom. The van der Waals surface area contributed by atoms with Crippen molar-refractivity contribution in [1.29, 1.82) is 0 Å². The van der Waals surface area contributed by atoms with Gasteiger partial charge in [-0.15, -0.1) is 0 Å². The predicted octanol–water partition coefficient (Wildman–Crippen LogP) is 1.55. The Kier molecular flexibility index (Phi) is 4.90. The van der Waals surface area contributed by atoms with Crippen LogP contribution < -0.4 is 4.90 Å². The lowest BCUT2D eigenvalue weighted by molar-refractivity contribution is -0.142. The molecule has 1 atom stereocenters. The molecule has 0 saturated carbocycles. The number of amides is 2. The fourth-order valence-corrected chi connectivity index (χ4v) is 3.86. The topological polar surface area (TPSA) is 77.0 Å². The average molecular weight is 380 g/mol. The summed E-state index contributed by atoms with van der Waals surface area (Å²) >= 11 is 0. The smallest absolute Gasteiger partial charge is 0.245 e. The first-order valence-corrected chi connectivity index (χ1v) is 9.55. The summed E-state index contributed by atoms with van der Waals surface area (Å²) in [5, 5.41) is 9.37. The van der Waals surface area contributed by atoms with Crippen molar-refractivity contribution in [2.75, 3.05) is 31.1 Å². The van der Waals surface area contributed by atoms with Gasteiger partial charge in [-0.05, 0) is 31.0 Å². The molecule has 7 heteroatoms. The maximum absolute atomic E-state index is 12.9. The number of anilines is 1. The number of carbonyl (C=O) groups excluding carboxylic acids is 2. The summed E-state index contributed by atoms with van der Waals surface area (Å²) in [6.45, 7) is 4.60. The standard InChI is InChI=1S/C21H24N4O3/c1-15-2-4-16(5-3-15)13-24-9-8-18(21(24)28)25-11-10-23(14-20(25)27)19-7-6-17(26)12-22-19/h2-7,12,18,26H,8-11,13-14H2,1H3. The largest absolute Gasteiger partial charge is 0.506 e. The highest BCUT2D eigenvalue weighted by Gasteiger charge is 2.40. The van der Waals surface area contributed by atoms with Crippen molar-refractivity contribution < 1.29 is 14.7 Å². The number of carbonyl (C=O) groups is 2. The van der Waals surface area contributed by atoms with Crippen LogP contribution in [0.25, 0.3) is 0 Å². The second-order valence-electron chi connectivity index (χ2n) is 7.43. The summed E-state index contributed by atoms with van der Waals surface area (Å²) in [5.41, 5.74) is 2.30. The fraction of sp³-hybridized carbons (Fsp3) is 0.381. The van der Waals surface area contributed by atoms with Crippen molar-refractivity contribution in [3.8, 4) is 5.75 Å². The third-order valence-electron chi connectivity index (χ3n) is 5.45. The minimum atomic E-state index is -0.368. The molecule has 2 aliphatic rings. The lowest BCUT2D eigenvalue weighted by atomic mass is 10.1. The van der Waals surface area contributed by atoms with Crippen LogP contribution in [0.3, 0.4) is 0 Å². The van der Waals surface area contributed by atoms with Gasteiger partial charge < -0.3 is 19.8 Å². The van der Waals surface area contributed by atoms with E-state index in [1.807, 2.05) is 41.0 Å². The number of pyridine rings is 1. The number of aromatic hydroxyl groups is 1. The minimum Gasteiger partial charge on any atom is -0.506 e. The number of hydrogen-bond donors (Lipinski definition) is 1. The van der Waals surface area contributed by atoms with Gasteiger partial charge >= 0.3 is 0 Å². The van der Waals surface area contributed by atoms with Gasteiger partial charge in [-0.1, -0.05) is 29.8 Å². The molecular weight excluding hydrogens is 356 g/mol. The first-order chi connectivity index (χ1) is 13.5. The Morgan fingerprint density at radius 2 is 1.86 bits per heavy atom. The van der Waals surface area contributed by atoms with Crippen molar-refractivity contribution in [3.63, 3.8) is 0 Å². The van der Waals surface area contributed by atoms with Crippen LogP contribution in [0, 0.1) is 6.92 Å². The number of benzene rings is 1. The maximum atomic E-state index is 12.9. The molecule has 146 valence electrons. The molecule has 1 unspecified atom stereocenters. The maximum Gasteiger partial charge on any atom is 0.245 e. The molecule has 2 aliphatic heterocycles. The summed E-state index contributed by atoms with van der Waals surface area (Å²) < 4.78 is 0. The van der Waals surface area contributed by atoms with Gasteiger partial charge in [-0.25, -0.2) is 4.98 Å². The molecule has 2 amide bonds. The van der Waals surface area contributed by atoms with E-state index in [1.165, 1.54) is 11.8 Å². The number of likely N-dealkylation sites (tertiary alicyclic amines) is 1. The summed E-state index contributed by atoms with van der Waals surface area (Å²) in [7, 11) is 0. The molecule has 1 aromatic carbocycles. The zero-order chi connectivity index (χ0) is 19.7. The molecule has 0 radical (unpaired) electrons. The number of aromatic nitrogens is 1. The van der Waals surface area contributed by atoms with Crippen LogP contribution >= 0.6 is 0 Å². The van der Waals surface area contributed by atoms with E-state index in [0.29, 0.717) is 38.4 Å². The lowest BCUT2D eigenvalue weighted by Crippen LogP contribution is -2.56. The van der Waals surface area contributed by atoms with Crippen LogP contribution in [0.4, 0.5) is 5.82 Å². The SMILES string of the molecule is Cc1ccc(CN2CCC(N3CCN(c4ccc(O)cn4)CC3=O)C2=O)cc1. The van der Waals surface area contributed by atoms with E-state index in [0.717, 1.165) is 5.56 Å². The average Bonchev–Trinajstić information content (AvgIpc) is 3.04. The summed E-state index contributed by atoms with van der Waals surface area (Å²) in [4.78, 5) is 35.2. The zero-order valence-corrected chi connectivity index (χ0v) is 15.9. The number of rotatable bonds is 4. The van der Waals surface area contributed by atoms with E-state index in [4.69, 9.17) is 0 Å². The second-order valence-corrected chi connectivity index (χ2v) is 7.43. The lowest BCUT2D eigenvalue weighted by Gasteiger charge is -2.37. The highest BCUT2D eigenvalue weighted by Crippen LogP contribution is 2.23. The van der Waals surface area contributed by atoms with Gasteiger partial charge in [0.1, 0.15) is 17.6 Å². The van der Waals surface area contributed by atoms with Crippen molar-refractivity contribution in [2.45, 2.75) is 25.9 Å². The molecule has 2 saturated heterocycles.